The molecule has 176 valence electrons. The van der Waals surface area contributed by atoms with Gasteiger partial charge in [-0.15, -0.1) is 0 Å². The first-order chi connectivity index (χ1) is 16.8. The number of anilines is 1. The van der Waals surface area contributed by atoms with Crippen LogP contribution in [0.25, 0.3) is 22.2 Å². The fourth-order valence-corrected chi connectivity index (χ4v) is 3.99. The Bertz CT molecular complexity index is 1490. The van der Waals surface area contributed by atoms with Crippen LogP contribution in [0.1, 0.15) is 27.2 Å². The van der Waals surface area contributed by atoms with Gasteiger partial charge in [0.2, 0.25) is 0 Å². The fourth-order valence-electron chi connectivity index (χ4n) is 3.99. The van der Waals surface area contributed by atoms with Crippen LogP contribution in [0.5, 0.6) is 0 Å². The molecule has 0 bridgehead atoms. The zero-order valence-corrected chi connectivity index (χ0v) is 18.8. The smallest absolute Gasteiger partial charge is 0.416 e. The molecule has 1 amide bonds. The third-order valence-electron chi connectivity index (χ3n) is 5.84. The number of benzene rings is 3. The van der Waals surface area contributed by atoms with Gasteiger partial charge in [0, 0.05) is 23.7 Å². The molecule has 0 fully saturated rings. The van der Waals surface area contributed by atoms with Gasteiger partial charge in [-0.2, -0.15) is 13.2 Å². The first-order valence-corrected chi connectivity index (χ1v) is 11.0. The molecule has 2 heterocycles. The second kappa shape index (κ2) is 8.83. The van der Waals surface area contributed by atoms with E-state index in [0.717, 1.165) is 34.2 Å². The maximum absolute atomic E-state index is 12.9. The molecular weight excluding hydrogens is 453 g/mol. The van der Waals surface area contributed by atoms with Crippen molar-refractivity contribution in [2.45, 2.75) is 19.6 Å². The topological polar surface area (TPSA) is 47.2 Å². The summed E-state index contributed by atoms with van der Waals surface area (Å²) in [6, 6.07) is 23.8. The van der Waals surface area contributed by atoms with Crippen LogP contribution in [-0.4, -0.2) is 10.5 Å². The Kier molecular flexibility index (Phi) is 5.68. The number of aromatic nitrogens is 1. The van der Waals surface area contributed by atoms with Crippen molar-refractivity contribution in [3.05, 3.63) is 114 Å². The first kappa shape index (κ1) is 22.5. The van der Waals surface area contributed by atoms with Crippen molar-refractivity contribution >= 4 is 22.5 Å². The molecular formula is C28H21F3N2O2. The molecule has 35 heavy (non-hydrogen) atoms. The van der Waals surface area contributed by atoms with Gasteiger partial charge in [0.25, 0.3) is 5.91 Å². The minimum Gasteiger partial charge on any atom is -0.451 e. The summed E-state index contributed by atoms with van der Waals surface area (Å²) in [5, 5.41) is 3.73. The third kappa shape index (κ3) is 4.71. The highest BCUT2D eigenvalue weighted by atomic mass is 19.4. The standard InChI is InChI=1S/C28H21F3N2O2/c1-18-6-10-20(11-7-18)25-14-15-26(35-25)27(34)32-23-17-33(24-5-3-2-4-22(23)24)16-19-8-12-21(13-9-19)28(29,30)31/h2-15,17H,16H2,1H3,(H,32,34). The summed E-state index contributed by atoms with van der Waals surface area (Å²) in [6.45, 7) is 2.35. The van der Waals surface area contributed by atoms with Crippen LogP contribution in [0.2, 0.25) is 0 Å². The highest BCUT2D eigenvalue weighted by molar-refractivity contribution is 6.08. The van der Waals surface area contributed by atoms with Gasteiger partial charge < -0.3 is 14.3 Å². The van der Waals surface area contributed by atoms with E-state index < -0.39 is 11.7 Å². The zero-order chi connectivity index (χ0) is 24.6. The van der Waals surface area contributed by atoms with Crippen molar-refractivity contribution < 1.29 is 22.4 Å². The number of carbonyl (C=O) groups excluding carboxylic acids is 1. The van der Waals surface area contributed by atoms with Gasteiger partial charge in [0.1, 0.15) is 5.76 Å². The van der Waals surface area contributed by atoms with Crippen LogP contribution in [0.4, 0.5) is 18.9 Å². The lowest BCUT2D eigenvalue weighted by Crippen LogP contribution is -2.10. The molecule has 0 saturated carbocycles. The van der Waals surface area contributed by atoms with Crippen molar-refractivity contribution in [3.63, 3.8) is 0 Å². The van der Waals surface area contributed by atoms with Gasteiger partial charge in [-0.1, -0.05) is 60.2 Å². The van der Waals surface area contributed by atoms with Crippen molar-refractivity contribution in [2.75, 3.05) is 5.32 Å². The lowest BCUT2D eigenvalue weighted by atomic mass is 10.1. The number of hydrogen-bond donors (Lipinski definition) is 1. The van der Waals surface area contributed by atoms with E-state index >= 15 is 0 Å². The van der Waals surface area contributed by atoms with Crippen LogP contribution in [-0.2, 0) is 12.7 Å². The molecule has 1 N–H and O–H groups in total. The molecule has 0 aliphatic rings. The Morgan fingerprint density at radius 2 is 1.63 bits per heavy atom. The number of rotatable bonds is 5. The Labute approximate surface area is 199 Å². The predicted octanol–water partition coefficient (Wildman–Crippen LogP) is 7.53. The van der Waals surface area contributed by atoms with Crippen molar-refractivity contribution in [1.29, 1.82) is 0 Å². The van der Waals surface area contributed by atoms with Gasteiger partial charge in [0.05, 0.1) is 16.8 Å². The highest BCUT2D eigenvalue weighted by Crippen LogP contribution is 2.31. The summed E-state index contributed by atoms with van der Waals surface area (Å²) < 4.78 is 46.3. The minimum absolute atomic E-state index is 0.181. The molecule has 0 aliphatic carbocycles. The van der Waals surface area contributed by atoms with Crippen LogP contribution < -0.4 is 5.32 Å². The first-order valence-electron chi connectivity index (χ1n) is 11.0. The summed E-state index contributed by atoms with van der Waals surface area (Å²) in [6.07, 6.45) is -2.59. The zero-order valence-electron chi connectivity index (χ0n) is 18.8. The van der Waals surface area contributed by atoms with E-state index in [1.54, 1.807) is 18.3 Å². The second-order valence-corrected chi connectivity index (χ2v) is 8.37. The van der Waals surface area contributed by atoms with Gasteiger partial charge in [-0.3, -0.25) is 4.79 Å². The molecule has 0 radical (unpaired) electrons. The van der Waals surface area contributed by atoms with Crippen molar-refractivity contribution in [3.8, 4) is 11.3 Å². The number of nitrogens with one attached hydrogen (secondary N) is 1. The van der Waals surface area contributed by atoms with E-state index in [0.29, 0.717) is 23.6 Å². The molecule has 0 unspecified atom stereocenters. The van der Waals surface area contributed by atoms with Gasteiger partial charge in [-0.05, 0) is 42.8 Å². The van der Waals surface area contributed by atoms with Gasteiger partial charge in [0.15, 0.2) is 5.76 Å². The predicted molar refractivity (Wildman–Crippen MR) is 129 cm³/mol. The lowest BCUT2D eigenvalue weighted by Gasteiger charge is -2.09. The molecule has 7 heteroatoms. The van der Waals surface area contributed by atoms with E-state index in [9.17, 15) is 18.0 Å². The number of furan rings is 1. The molecule has 0 atom stereocenters. The number of fused-ring (bicyclic) bond motifs is 1. The average Bonchev–Trinajstić information content (AvgIpc) is 3.46. The van der Waals surface area contributed by atoms with E-state index in [4.69, 9.17) is 4.42 Å². The average molecular weight is 474 g/mol. The monoisotopic (exact) mass is 474 g/mol. The molecule has 5 aromatic rings. The lowest BCUT2D eigenvalue weighted by molar-refractivity contribution is -0.137. The summed E-state index contributed by atoms with van der Waals surface area (Å²) in [7, 11) is 0. The van der Waals surface area contributed by atoms with Gasteiger partial charge in [-0.25, -0.2) is 0 Å². The van der Waals surface area contributed by atoms with Crippen LogP contribution in [0, 0.1) is 6.92 Å². The van der Waals surface area contributed by atoms with Crippen LogP contribution in [0.3, 0.4) is 0 Å². The quantitative estimate of drug-likeness (QED) is 0.286. The summed E-state index contributed by atoms with van der Waals surface area (Å²) in [5.41, 5.74) is 3.47. The molecule has 0 spiro atoms. The summed E-state index contributed by atoms with van der Waals surface area (Å²) in [4.78, 5) is 12.9. The maximum Gasteiger partial charge on any atom is 0.416 e. The fraction of sp³-hybridized carbons (Fsp3) is 0.107. The molecule has 0 saturated heterocycles. The number of halogens is 3. The SMILES string of the molecule is Cc1ccc(-c2ccc(C(=O)Nc3cn(Cc4ccc(C(F)(F)F)cc4)c4ccccc34)o2)cc1. The van der Waals surface area contributed by atoms with Crippen molar-refractivity contribution in [1.82, 2.24) is 4.57 Å². The number of hydrogen-bond acceptors (Lipinski definition) is 2. The Balaban J connectivity index is 1.39. The van der Waals surface area contributed by atoms with E-state index in [1.807, 2.05) is 60.0 Å². The third-order valence-corrected chi connectivity index (χ3v) is 5.84. The summed E-state index contributed by atoms with van der Waals surface area (Å²) >= 11 is 0. The Morgan fingerprint density at radius 3 is 2.34 bits per heavy atom. The van der Waals surface area contributed by atoms with E-state index in [1.165, 1.54) is 12.1 Å². The molecule has 3 aromatic carbocycles. The molecule has 2 aromatic heterocycles. The number of alkyl halides is 3. The van der Waals surface area contributed by atoms with E-state index in [-0.39, 0.29) is 11.7 Å². The van der Waals surface area contributed by atoms with E-state index in [2.05, 4.69) is 5.32 Å². The normalized spacial score (nSPS) is 11.7. The summed E-state index contributed by atoms with van der Waals surface area (Å²) in [5.74, 6) is 0.390. The molecule has 5 rings (SSSR count). The Hall–Kier alpha value is -4.26. The van der Waals surface area contributed by atoms with Crippen molar-refractivity contribution in [2.24, 2.45) is 0 Å². The Morgan fingerprint density at radius 1 is 0.914 bits per heavy atom. The number of amides is 1. The molecule has 0 aliphatic heterocycles. The number of para-hydroxylation sites is 1. The highest BCUT2D eigenvalue weighted by Gasteiger charge is 2.30. The second-order valence-electron chi connectivity index (χ2n) is 8.37. The number of aryl methyl sites for hydroxylation is 1. The maximum atomic E-state index is 12.9. The largest absolute Gasteiger partial charge is 0.451 e. The number of carbonyl (C=O) groups is 1. The molecule has 4 nitrogen and oxygen atoms in total. The van der Waals surface area contributed by atoms with Crippen LogP contribution in [0.15, 0.2) is 95.5 Å². The van der Waals surface area contributed by atoms with Gasteiger partial charge >= 0.3 is 6.18 Å². The number of nitrogens with zero attached hydrogens (tertiary/aromatic N) is 1. The van der Waals surface area contributed by atoms with Crippen LogP contribution >= 0.6 is 0 Å². The minimum atomic E-state index is -4.37.